The van der Waals surface area contributed by atoms with Crippen LogP contribution >= 0.6 is 0 Å². The summed E-state index contributed by atoms with van der Waals surface area (Å²) in [6, 6.07) is 9.24. The van der Waals surface area contributed by atoms with Crippen molar-refractivity contribution in [2.75, 3.05) is 38.8 Å². The first-order chi connectivity index (χ1) is 9.22. The molecule has 2 unspecified atom stereocenters. The highest BCUT2D eigenvalue weighted by Gasteiger charge is 2.25. The fourth-order valence-corrected chi connectivity index (χ4v) is 2.80. The smallest absolute Gasteiger partial charge is 0.0512 e. The second-order valence-corrected chi connectivity index (χ2v) is 5.50. The molecule has 3 nitrogen and oxygen atoms in total. The van der Waals surface area contributed by atoms with E-state index in [2.05, 4.69) is 55.5 Å². The van der Waals surface area contributed by atoms with Crippen molar-refractivity contribution in [3.05, 3.63) is 29.8 Å². The highest BCUT2D eigenvalue weighted by atomic mass is 16.5. The van der Waals surface area contributed by atoms with Crippen LogP contribution in [0.1, 0.15) is 31.4 Å². The maximum Gasteiger partial charge on any atom is 0.0512 e. The summed E-state index contributed by atoms with van der Waals surface area (Å²) in [7, 11) is 4.18. The monoisotopic (exact) mass is 262 g/mol. The minimum Gasteiger partial charge on any atom is -0.381 e. The Morgan fingerprint density at radius 3 is 2.89 bits per heavy atom. The van der Waals surface area contributed by atoms with Gasteiger partial charge in [-0.25, -0.2) is 0 Å². The SMILES string of the molecule is CCNC(c1cccc(N(C)C)c1)C1CCCOC1. The summed E-state index contributed by atoms with van der Waals surface area (Å²) >= 11 is 0. The van der Waals surface area contributed by atoms with Crippen LogP contribution in [-0.4, -0.2) is 33.9 Å². The summed E-state index contributed by atoms with van der Waals surface area (Å²) in [6.45, 7) is 4.97. The Morgan fingerprint density at radius 1 is 1.42 bits per heavy atom. The molecule has 0 bridgehead atoms. The minimum absolute atomic E-state index is 0.408. The number of ether oxygens (including phenoxy) is 1. The van der Waals surface area contributed by atoms with Crippen LogP contribution < -0.4 is 10.2 Å². The second kappa shape index (κ2) is 6.92. The van der Waals surface area contributed by atoms with E-state index in [0.717, 1.165) is 19.8 Å². The van der Waals surface area contributed by atoms with Crippen LogP contribution in [0.15, 0.2) is 24.3 Å². The number of nitrogens with zero attached hydrogens (tertiary/aromatic N) is 1. The third kappa shape index (κ3) is 3.71. The largest absolute Gasteiger partial charge is 0.381 e. The van der Waals surface area contributed by atoms with E-state index in [1.165, 1.54) is 24.1 Å². The number of rotatable bonds is 5. The molecule has 1 fully saturated rings. The summed E-state index contributed by atoms with van der Waals surface area (Å²) in [5.41, 5.74) is 2.64. The van der Waals surface area contributed by atoms with Gasteiger partial charge in [-0.05, 0) is 37.1 Å². The van der Waals surface area contributed by atoms with E-state index >= 15 is 0 Å². The lowest BCUT2D eigenvalue weighted by Gasteiger charge is -2.31. The molecule has 2 atom stereocenters. The van der Waals surface area contributed by atoms with Crippen LogP contribution in [0.4, 0.5) is 5.69 Å². The molecule has 0 aromatic heterocycles. The van der Waals surface area contributed by atoms with Crippen molar-refractivity contribution in [1.29, 1.82) is 0 Å². The molecule has 1 aromatic rings. The molecule has 1 saturated heterocycles. The van der Waals surface area contributed by atoms with Crippen LogP contribution in [0.5, 0.6) is 0 Å². The van der Waals surface area contributed by atoms with Crippen LogP contribution in [0.25, 0.3) is 0 Å². The summed E-state index contributed by atoms with van der Waals surface area (Å²) in [4.78, 5) is 2.16. The van der Waals surface area contributed by atoms with Gasteiger partial charge in [0.15, 0.2) is 0 Å². The van der Waals surface area contributed by atoms with E-state index in [1.54, 1.807) is 0 Å². The third-order valence-corrected chi connectivity index (χ3v) is 3.84. The molecule has 0 saturated carbocycles. The van der Waals surface area contributed by atoms with Crippen molar-refractivity contribution in [2.24, 2.45) is 5.92 Å². The zero-order valence-electron chi connectivity index (χ0n) is 12.4. The molecule has 0 spiro atoms. The standard InChI is InChI=1S/C16H26N2O/c1-4-17-16(14-8-6-10-19-12-14)13-7-5-9-15(11-13)18(2)3/h5,7,9,11,14,16-17H,4,6,8,10,12H2,1-3H3. The molecule has 3 heteroatoms. The van der Waals surface area contributed by atoms with Crippen molar-refractivity contribution in [2.45, 2.75) is 25.8 Å². The van der Waals surface area contributed by atoms with E-state index in [0.29, 0.717) is 12.0 Å². The van der Waals surface area contributed by atoms with Gasteiger partial charge >= 0.3 is 0 Å². The third-order valence-electron chi connectivity index (χ3n) is 3.84. The van der Waals surface area contributed by atoms with Gasteiger partial charge in [-0.3, -0.25) is 0 Å². The van der Waals surface area contributed by atoms with Crippen molar-refractivity contribution < 1.29 is 4.74 Å². The van der Waals surface area contributed by atoms with Crippen LogP contribution in [0.3, 0.4) is 0 Å². The molecule has 1 heterocycles. The van der Waals surface area contributed by atoms with Gasteiger partial charge in [-0.2, -0.15) is 0 Å². The Bertz CT molecular complexity index is 386. The van der Waals surface area contributed by atoms with Crippen LogP contribution in [0.2, 0.25) is 0 Å². The number of nitrogens with one attached hydrogen (secondary N) is 1. The van der Waals surface area contributed by atoms with Crippen LogP contribution in [-0.2, 0) is 4.74 Å². The number of benzene rings is 1. The molecule has 106 valence electrons. The zero-order chi connectivity index (χ0) is 13.7. The topological polar surface area (TPSA) is 24.5 Å². The Labute approximate surface area is 116 Å². The maximum absolute atomic E-state index is 5.66. The van der Waals surface area contributed by atoms with E-state index in [1.807, 2.05) is 0 Å². The Balaban J connectivity index is 2.19. The lowest BCUT2D eigenvalue weighted by Crippen LogP contribution is -2.33. The molecular weight excluding hydrogens is 236 g/mol. The lowest BCUT2D eigenvalue weighted by molar-refractivity contribution is 0.0393. The normalized spacial score (nSPS) is 21.1. The average Bonchev–Trinajstić information content (AvgIpc) is 2.46. The highest BCUT2D eigenvalue weighted by Crippen LogP contribution is 2.30. The predicted octanol–water partition coefficient (Wildman–Crippen LogP) is 2.83. The van der Waals surface area contributed by atoms with Gasteiger partial charge < -0.3 is 15.0 Å². The molecule has 0 amide bonds. The second-order valence-electron chi connectivity index (χ2n) is 5.50. The first kappa shape index (κ1) is 14.4. The van der Waals surface area contributed by atoms with Gasteiger partial charge in [-0.15, -0.1) is 0 Å². The van der Waals surface area contributed by atoms with E-state index in [-0.39, 0.29) is 0 Å². The van der Waals surface area contributed by atoms with E-state index < -0.39 is 0 Å². The summed E-state index contributed by atoms with van der Waals surface area (Å²) in [5.74, 6) is 0.589. The molecule has 0 aliphatic carbocycles. The van der Waals surface area contributed by atoms with E-state index in [9.17, 15) is 0 Å². The van der Waals surface area contributed by atoms with Gasteiger partial charge in [0.05, 0.1) is 6.61 Å². The summed E-state index contributed by atoms with van der Waals surface area (Å²) < 4.78 is 5.66. The first-order valence-electron chi connectivity index (χ1n) is 7.30. The summed E-state index contributed by atoms with van der Waals surface area (Å²) in [5, 5.41) is 3.64. The quantitative estimate of drug-likeness (QED) is 0.883. The van der Waals surface area contributed by atoms with Crippen molar-refractivity contribution >= 4 is 5.69 Å². The van der Waals surface area contributed by atoms with Gasteiger partial charge in [0.1, 0.15) is 0 Å². The molecule has 2 rings (SSSR count). The maximum atomic E-state index is 5.66. The van der Waals surface area contributed by atoms with Crippen molar-refractivity contribution in [3.8, 4) is 0 Å². The number of hydrogen-bond acceptors (Lipinski definition) is 3. The fraction of sp³-hybridized carbons (Fsp3) is 0.625. The van der Waals surface area contributed by atoms with Crippen LogP contribution in [0, 0.1) is 5.92 Å². The molecule has 1 aliphatic heterocycles. The number of anilines is 1. The van der Waals surface area contributed by atoms with Crippen molar-refractivity contribution in [3.63, 3.8) is 0 Å². The Morgan fingerprint density at radius 2 is 2.26 bits per heavy atom. The summed E-state index contributed by atoms with van der Waals surface area (Å²) in [6.07, 6.45) is 2.43. The Kier molecular flexibility index (Phi) is 5.23. The molecule has 1 aromatic carbocycles. The highest BCUT2D eigenvalue weighted by molar-refractivity contribution is 5.48. The fourth-order valence-electron chi connectivity index (χ4n) is 2.80. The predicted molar refractivity (Wildman–Crippen MR) is 80.7 cm³/mol. The van der Waals surface area contributed by atoms with E-state index in [4.69, 9.17) is 4.74 Å². The minimum atomic E-state index is 0.408. The van der Waals surface area contributed by atoms with Gasteiger partial charge in [0.25, 0.3) is 0 Å². The molecule has 0 radical (unpaired) electrons. The Hall–Kier alpha value is -1.06. The van der Waals surface area contributed by atoms with Crippen molar-refractivity contribution in [1.82, 2.24) is 5.32 Å². The molecule has 19 heavy (non-hydrogen) atoms. The molecule has 1 aliphatic rings. The average molecular weight is 262 g/mol. The molecule has 1 N–H and O–H groups in total. The first-order valence-corrected chi connectivity index (χ1v) is 7.30. The van der Waals surface area contributed by atoms with Gasteiger partial charge in [0.2, 0.25) is 0 Å². The molecular formula is C16H26N2O. The number of hydrogen-bond donors (Lipinski definition) is 1. The lowest BCUT2D eigenvalue weighted by atomic mass is 9.88. The van der Waals surface area contributed by atoms with Gasteiger partial charge in [0, 0.05) is 38.3 Å². The van der Waals surface area contributed by atoms with Gasteiger partial charge in [-0.1, -0.05) is 19.1 Å². The zero-order valence-corrected chi connectivity index (χ0v) is 12.4.